The van der Waals surface area contributed by atoms with Gasteiger partial charge in [0.15, 0.2) is 0 Å². The van der Waals surface area contributed by atoms with Gasteiger partial charge >= 0.3 is 0 Å². The molecule has 1 aliphatic rings. The summed E-state index contributed by atoms with van der Waals surface area (Å²) in [7, 11) is 0. The van der Waals surface area contributed by atoms with Gasteiger partial charge in [-0.05, 0) is 48.1 Å². The van der Waals surface area contributed by atoms with Gasteiger partial charge in [0, 0.05) is 12.4 Å². The van der Waals surface area contributed by atoms with Crippen molar-refractivity contribution in [2.24, 2.45) is 5.92 Å². The zero-order valence-corrected chi connectivity index (χ0v) is 12.3. The van der Waals surface area contributed by atoms with Crippen LogP contribution in [0, 0.1) is 5.92 Å². The van der Waals surface area contributed by atoms with Crippen molar-refractivity contribution in [1.82, 2.24) is 9.78 Å². The van der Waals surface area contributed by atoms with E-state index in [1.807, 2.05) is 16.9 Å². The van der Waals surface area contributed by atoms with Crippen molar-refractivity contribution in [3.05, 3.63) is 53.9 Å². The molecule has 3 heteroatoms. The van der Waals surface area contributed by atoms with Gasteiger partial charge in [-0.15, -0.1) is 0 Å². The summed E-state index contributed by atoms with van der Waals surface area (Å²) in [5, 5.41) is 13.9. The molecular formula is C18H22N2O. The second-order valence-corrected chi connectivity index (χ2v) is 5.75. The highest BCUT2D eigenvalue weighted by Crippen LogP contribution is 2.30. The largest absolute Gasteiger partial charge is 0.392 e. The number of aliphatic hydroxyl groups is 1. The quantitative estimate of drug-likeness (QED) is 0.925. The normalized spacial score (nSPS) is 17.1. The van der Waals surface area contributed by atoms with Crippen LogP contribution >= 0.6 is 0 Å². The van der Waals surface area contributed by atoms with Crippen LogP contribution in [-0.2, 0) is 0 Å². The number of hydrogen-bond acceptors (Lipinski definition) is 2. The molecule has 1 aromatic carbocycles. The summed E-state index contributed by atoms with van der Waals surface area (Å²) in [6.07, 6.45) is 12.2. The summed E-state index contributed by atoms with van der Waals surface area (Å²) in [4.78, 5) is 0. The molecule has 0 aliphatic heterocycles. The van der Waals surface area contributed by atoms with Gasteiger partial charge in [0.1, 0.15) is 0 Å². The van der Waals surface area contributed by atoms with Crippen LogP contribution in [0.25, 0.3) is 11.8 Å². The molecule has 1 aromatic heterocycles. The Labute approximate surface area is 125 Å². The average Bonchev–Trinajstić information content (AvgIpc) is 3.08. The highest BCUT2D eigenvalue weighted by atomic mass is 16.3. The van der Waals surface area contributed by atoms with Gasteiger partial charge in [-0.25, -0.2) is 4.68 Å². The van der Waals surface area contributed by atoms with Crippen LogP contribution in [0.4, 0.5) is 0 Å². The molecule has 0 atom stereocenters. The van der Waals surface area contributed by atoms with Crippen molar-refractivity contribution in [1.29, 1.82) is 0 Å². The molecule has 1 aliphatic carbocycles. The Morgan fingerprint density at radius 1 is 1.19 bits per heavy atom. The summed E-state index contributed by atoms with van der Waals surface area (Å²) in [6, 6.07) is 10.2. The highest BCUT2D eigenvalue weighted by Gasteiger charge is 2.17. The van der Waals surface area contributed by atoms with Gasteiger partial charge < -0.3 is 5.11 Å². The van der Waals surface area contributed by atoms with E-state index in [1.54, 1.807) is 6.20 Å². The number of benzene rings is 1. The van der Waals surface area contributed by atoms with Crippen LogP contribution < -0.4 is 0 Å². The van der Waals surface area contributed by atoms with E-state index in [9.17, 15) is 5.11 Å². The van der Waals surface area contributed by atoms with Crippen molar-refractivity contribution in [2.45, 2.75) is 32.1 Å². The van der Waals surface area contributed by atoms with Crippen molar-refractivity contribution >= 4 is 6.08 Å². The maximum atomic E-state index is 9.66. The molecule has 0 radical (unpaired) electrons. The SMILES string of the molecule is OC/C(=C/c1ccc(-n2cccn2)cc1)C1CCCCC1. The van der Waals surface area contributed by atoms with E-state index in [0.29, 0.717) is 5.92 Å². The average molecular weight is 282 g/mol. The van der Waals surface area contributed by atoms with Crippen molar-refractivity contribution in [2.75, 3.05) is 6.61 Å². The zero-order valence-electron chi connectivity index (χ0n) is 12.3. The summed E-state index contributed by atoms with van der Waals surface area (Å²) < 4.78 is 1.85. The lowest BCUT2D eigenvalue weighted by Gasteiger charge is -2.23. The lowest BCUT2D eigenvalue weighted by atomic mass is 9.83. The van der Waals surface area contributed by atoms with Crippen LogP contribution in [-0.4, -0.2) is 21.5 Å². The molecular weight excluding hydrogens is 260 g/mol. The number of nitrogens with zero attached hydrogens (tertiary/aromatic N) is 2. The monoisotopic (exact) mass is 282 g/mol. The number of rotatable bonds is 4. The Kier molecular flexibility index (Phi) is 4.51. The van der Waals surface area contributed by atoms with E-state index in [0.717, 1.165) is 11.3 Å². The Morgan fingerprint density at radius 2 is 1.95 bits per heavy atom. The number of aliphatic hydroxyl groups excluding tert-OH is 1. The highest BCUT2D eigenvalue weighted by molar-refractivity contribution is 5.55. The van der Waals surface area contributed by atoms with Gasteiger partial charge in [-0.1, -0.05) is 37.5 Å². The van der Waals surface area contributed by atoms with E-state index < -0.39 is 0 Å². The summed E-state index contributed by atoms with van der Waals surface area (Å²) in [5.41, 5.74) is 3.39. The minimum Gasteiger partial charge on any atom is -0.392 e. The maximum absolute atomic E-state index is 9.66. The van der Waals surface area contributed by atoms with Crippen LogP contribution in [0.5, 0.6) is 0 Å². The van der Waals surface area contributed by atoms with E-state index in [4.69, 9.17) is 0 Å². The fraction of sp³-hybridized carbons (Fsp3) is 0.389. The topological polar surface area (TPSA) is 38.0 Å². The van der Waals surface area contributed by atoms with E-state index in [1.165, 1.54) is 37.7 Å². The first-order chi connectivity index (χ1) is 10.4. The fourth-order valence-corrected chi connectivity index (χ4v) is 3.12. The predicted molar refractivity (Wildman–Crippen MR) is 85.2 cm³/mol. The first kappa shape index (κ1) is 14.1. The second-order valence-electron chi connectivity index (χ2n) is 5.75. The molecule has 0 amide bonds. The van der Waals surface area contributed by atoms with E-state index in [-0.39, 0.29) is 6.61 Å². The standard InChI is InChI=1S/C18H22N2O/c21-14-17(16-5-2-1-3-6-16)13-15-7-9-18(10-8-15)20-12-4-11-19-20/h4,7-13,16,21H,1-3,5-6,14H2/b17-13-. The molecule has 0 unspecified atom stereocenters. The van der Waals surface area contributed by atoms with Crippen LogP contribution in [0.3, 0.4) is 0 Å². The van der Waals surface area contributed by atoms with Gasteiger partial charge in [0.25, 0.3) is 0 Å². The van der Waals surface area contributed by atoms with Crippen LogP contribution in [0.2, 0.25) is 0 Å². The van der Waals surface area contributed by atoms with Crippen LogP contribution in [0.1, 0.15) is 37.7 Å². The number of aromatic nitrogens is 2. The maximum Gasteiger partial charge on any atom is 0.0647 e. The molecule has 110 valence electrons. The minimum atomic E-state index is 0.172. The lowest BCUT2D eigenvalue weighted by Crippen LogP contribution is -2.11. The number of hydrogen-bond donors (Lipinski definition) is 1. The zero-order chi connectivity index (χ0) is 14.5. The van der Waals surface area contributed by atoms with Gasteiger partial charge in [0.05, 0.1) is 12.3 Å². The smallest absolute Gasteiger partial charge is 0.0647 e. The molecule has 2 aromatic rings. The van der Waals surface area contributed by atoms with Gasteiger partial charge in [0.2, 0.25) is 0 Å². The molecule has 3 nitrogen and oxygen atoms in total. The Morgan fingerprint density at radius 3 is 2.57 bits per heavy atom. The molecule has 1 fully saturated rings. The second kappa shape index (κ2) is 6.72. The van der Waals surface area contributed by atoms with Crippen molar-refractivity contribution < 1.29 is 5.11 Å². The summed E-state index contributed by atoms with van der Waals surface area (Å²) in [6.45, 7) is 0.172. The van der Waals surface area contributed by atoms with E-state index >= 15 is 0 Å². The third-order valence-corrected chi connectivity index (χ3v) is 4.33. The molecule has 0 saturated heterocycles. The molecule has 0 spiro atoms. The van der Waals surface area contributed by atoms with Crippen LogP contribution in [0.15, 0.2) is 48.3 Å². The van der Waals surface area contributed by atoms with Crippen molar-refractivity contribution in [3.63, 3.8) is 0 Å². The Hall–Kier alpha value is -1.87. The molecule has 1 N–H and O–H groups in total. The third-order valence-electron chi connectivity index (χ3n) is 4.33. The molecule has 3 rings (SSSR count). The molecule has 0 bridgehead atoms. The van der Waals surface area contributed by atoms with E-state index in [2.05, 4.69) is 35.4 Å². The van der Waals surface area contributed by atoms with Crippen molar-refractivity contribution in [3.8, 4) is 5.69 Å². The first-order valence-electron chi connectivity index (χ1n) is 7.78. The summed E-state index contributed by atoms with van der Waals surface area (Å²) in [5.74, 6) is 0.564. The summed E-state index contributed by atoms with van der Waals surface area (Å²) >= 11 is 0. The predicted octanol–water partition coefficient (Wildman–Crippen LogP) is 3.83. The van der Waals surface area contributed by atoms with Gasteiger partial charge in [-0.3, -0.25) is 0 Å². The first-order valence-corrected chi connectivity index (χ1v) is 7.78. The minimum absolute atomic E-state index is 0.172. The molecule has 1 saturated carbocycles. The lowest BCUT2D eigenvalue weighted by molar-refractivity contribution is 0.295. The molecule has 21 heavy (non-hydrogen) atoms. The van der Waals surface area contributed by atoms with Gasteiger partial charge in [-0.2, -0.15) is 5.10 Å². The Bertz CT molecular complexity index is 578. The Balaban J connectivity index is 1.77. The third kappa shape index (κ3) is 3.42. The molecule has 1 heterocycles. The fourth-order valence-electron chi connectivity index (χ4n) is 3.12.